The van der Waals surface area contributed by atoms with Crippen LogP contribution in [0.15, 0.2) is 66.7 Å². The second-order valence-corrected chi connectivity index (χ2v) is 9.70. The monoisotopic (exact) mass is 501 g/mol. The van der Waals surface area contributed by atoms with Gasteiger partial charge in [0.15, 0.2) is 17.3 Å². The van der Waals surface area contributed by atoms with Gasteiger partial charge >= 0.3 is 0 Å². The molecule has 1 N–H and O–H groups in total. The summed E-state index contributed by atoms with van der Waals surface area (Å²) in [5.41, 5.74) is 2.52. The number of carbonyl (C=O) groups excluding carboxylic acids is 2. The number of nitrogens with zero attached hydrogens (tertiary/aromatic N) is 1. The number of ketones is 1. The molecule has 1 fully saturated rings. The third-order valence-electron chi connectivity index (χ3n) is 7.23. The lowest BCUT2D eigenvalue weighted by Gasteiger charge is -2.33. The molecule has 1 saturated carbocycles. The van der Waals surface area contributed by atoms with Gasteiger partial charge in [0.05, 0.1) is 14.2 Å². The van der Waals surface area contributed by atoms with Crippen molar-refractivity contribution in [3.8, 4) is 17.2 Å². The summed E-state index contributed by atoms with van der Waals surface area (Å²) in [4.78, 5) is 29.9. The molecule has 6 heteroatoms. The molecular weight excluding hydrogens is 466 g/mol. The van der Waals surface area contributed by atoms with Crippen molar-refractivity contribution in [2.24, 2.45) is 5.92 Å². The van der Waals surface area contributed by atoms with E-state index in [9.17, 15) is 14.7 Å². The lowest BCUT2D eigenvalue weighted by Crippen LogP contribution is -2.40. The zero-order chi connectivity index (χ0) is 26.4. The number of phenols is 1. The van der Waals surface area contributed by atoms with Gasteiger partial charge in [-0.05, 0) is 54.3 Å². The van der Waals surface area contributed by atoms with Gasteiger partial charge in [-0.3, -0.25) is 14.5 Å². The summed E-state index contributed by atoms with van der Waals surface area (Å²) in [5.74, 6) is 1.11. The molecule has 0 aromatic heterocycles. The van der Waals surface area contributed by atoms with Crippen LogP contribution in [0.1, 0.15) is 66.1 Å². The Labute approximate surface area is 218 Å². The summed E-state index contributed by atoms with van der Waals surface area (Å²) >= 11 is 0. The molecule has 3 aromatic carbocycles. The minimum absolute atomic E-state index is 0.0192. The SMILES string of the molecule is COc1ccc(N(C(=O)c2ccccc2C)C(C(=O)CC2CCCCC2)c2ccc(O)cc2)cc1OC. The molecule has 3 aromatic rings. The number of aryl methyl sites for hydroxylation is 1. The van der Waals surface area contributed by atoms with E-state index < -0.39 is 6.04 Å². The molecule has 1 aliphatic carbocycles. The number of rotatable bonds is 9. The van der Waals surface area contributed by atoms with E-state index in [1.807, 2.05) is 25.1 Å². The number of anilines is 1. The van der Waals surface area contributed by atoms with Crippen LogP contribution in [-0.4, -0.2) is 31.0 Å². The van der Waals surface area contributed by atoms with Crippen LogP contribution in [0.5, 0.6) is 17.2 Å². The number of carbonyl (C=O) groups is 2. The Kier molecular flexibility index (Phi) is 8.49. The zero-order valence-corrected chi connectivity index (χ0v) is 21.8. The van der Waals surface area contributed by atoms with Gasteiger partial charge in [0.25, 0.3) is 5.91 Å². The van der Waals surface area contributed by atoms with Crippen LogP contribution >= 0.6 is 0 Å². The highest BCUT2D eigenvalue weighted by Gasteiger charge is 2.35. The van der Waals surface area contributed by atoms with Gasteiger partial charge in [-0.25, -0.2) is 0 Å². The van der Waals surface area contributed by atoms with Crippen LogP contribution < -0.4 is 14.4 Å². The molecule has 0 aliphatic heterocycles. The van der Waals surface area contributed by atoms with Crippen LogP contribution in [0, 0.1) is 12.8 Å². The number of methoxy groups -OCH3 is 2. The first kappa shape index (κ1) is 26.3. The Morgan fingerprint density at radius 3 is 2.24 bits per heavy atom. The van der Waals surface area contributed by atoms with E-state index in [2.05, 4.69) is 0 Å². The predicted molar refractivity (Wildman–Crippen MR) is 145 cm³/mol. The molecule has 0 heterocycles. The number of aromatic hydroxyl groups is 1. The van der Waals surface area contributed by atoms with Gasteiger partial charge < -0.3 is 14.6 Å². The minimum atomic E-state index is -0.868. The summed E-state index contributed by atoms with van der Waals surface area (Å²) in [6.07, 6.45) is 5.91. The summed E-state index contributed by atoms with van der Waals surface area (Å²) in [6.45, 7) is 1.89. The molecule has 4 rings (SSSR count). The van der Waals surface area contributed by atoms with E-state index in [1.165, 1.54) is 6.42 Å². The van der Waals surface area contributed by atoms with E-state index >= 15 is 0 Å². The summed E-state index contributed by atoms with van der Waals surface area (Å²) < 4.78 is 11.0. The third kappa shape index (κ3) is 5.96. The lowest BCUT2D eigenvalue weighted by molar-refractivity contribution is -0.121. The van der Waals surface area contributed by atoms with Crippen molar-refractivity contribution in [1.82, 2.24) is 0 Å². The molecule has 1 aliphatic rings. The topological polar surface area (TPSA) is 76.1 Å². The van der Waals surface area contributed by atoms with Gasteiger partial charge in [0.1, 0.15) is 11.8 Å². The molecule has 6 nitrogen and oxygen atoms in total. The number of Topliss-reactive ketones (excluding diaryl/α,β-unsaturated/α-hetero) is 1. The van der Waals surface area contributed by atoms with Crippen molar-refractivity contribution in [2.75, 3.05) is 19.1 Å². The number of ether oxygens (including phenoxy) is 2. The normalized spacial score (nSPS) is 14.6. The fraction of sp³-hybridized carbons (Fsp3) is 0.355. The number of hydrogen-bond donors (Lipinski definition) is 1. The van der Waals surface area contributed by atoms with Gasteiger partial charge in [0, 0.05) is 23.7 Å². The Bertz CT molecular complexity index is 1230. The molecule has 37 heavy (non-hydrogen) atoms. The highest BCUT2D eigenvalue weighted by Crippen LogP contribution is 2.38. The smallest absolute Gasteiger partial charge is 0.259 e. The van der Waals surface area contributed by atoms with Crippen LogP contribution in [0.4, 0.5) is 5.69 Å². The molecule has 0 saturated heterocycles. The van der Waals surface area contributed by atoms with E-state index in [0.29, 0.717) is 40.7 Å². The maximum Gasteiger partial charge on any atom is 0.259 e. The van der Waals surface area contributed by atoms with Gasteiger partial charge in [0.2, 0.25) is 0 Å². The van der Waals surface area contributed by atoms with Crippen molar-refractivity contribution in [3.63, 3.8) is 0 Å². The van der Waals surface area contributed by atoms with Crippen LogP contribution in [0.2, 0.25) is 0 Å². The Hall–Kier alpha value is -3.80. The Morgan fingerprint density at radius 2 is 1.59 bits per heavy atom. The van der Waals surface area contributed by atoms with Gasteiger partial charge in [-0.2, -0.15) is 0 Å². The second-order valence-electron chi connectivity index (χ2n) is 9.70. The van der Waals surface area contributed by atoms with Crippen molar-refractivity contribution >= 4 is 17.4 Å². The molecule has 1 unspecified atom stereocenters. The van der Waals surface area contributed by atoms with Crippen molar-refractivity contribution in [3.05, 3.63) is 83.4 Å². The van der Waals surface area contributed by atoms with E-state index in [0.717, 1.165) is 31.2 Å². The molecule has 194 valence electrons. The summed E-state index contributed by atoms with van der Waals surface area (Å²) in [5, 5.41) is 9.95. The first-order chi connectivity index (χ1) is 17.9. The summed E-state index contributed by atoms with van der Waals surface area (Å²) in [7, 11) is 3.10. The van der Waals surface area contributed by atoms with Crippen molar-refractivity contribution in [2.45, 2.75) is 51.5 Å². The average molecular weight is 502 g/mol. The number of hydrogen-bond acceptors (Lipinski definition) is 5. The fourth-order valence-corrected chi connectivity index (χ4v) is 5.22. The molecular formula is C31H35NO5. The Balaban J connectivity index is 1.86. The van der Waals surface area contributed by atoms with E-state index in [4.69, 9.17) is 9.47 Å². The quantitative estimate of drug-likeness (QED) is 0.355. The minimum Gasteiger partial charge on any atom is -0.508 e. The van der Waals surface area contributed by atoms with E-state index in [-0.39, 0.29) is 17.4 Å². The molecule has 0 bridgehead atoms. The molecule has 0 spiro atoms. The lowest BCUT2D eigenvalue weighted by atomic mass is 9.83. The summed E-state index contributed by atoms with van der Waals surface area (Å²) in [6, 6.07) is 18.3. The maximum atomic E-state index is 14.3. The third-order valence-corrected chi connectivity index (χ3v) is 7.23. The average Bonchev–Trinajstić information content (AvgIpc) is 2.92. The largest absolute Gasteiger partial charge is 0.508 e. The number of benzene rings is 3. The van der Waals surface area contributed by atoms with Gasteiger partial charge in [-0.15, -0.1) is 0 Å². The standard InChI is InChI=1S/C31H35NO5/c1-21-9-7-8-12-26(21)31(35)32(24-15-18-28(36-2)29(20-24)37-3)30(23-13-16-25(33)17-14-23)27(34)19-22-10-5-4-6-11-22/h7-9,12-18,20,22,30,33H,4-6,10-11,19H2,1-3H3. The van der Waals surface area contributed by atoms with Crippen molar-refractivity contribution < 1.29 is 24.2 Å². The maximum absolute atomic E-state index is 14.3. The van der Waals surface area contributed by atoms with E-state index in [1.54, 1.807) is 67.7 Å². The molecule has 1 amide bonds. The second kappa shape index (κ2) is 12.0. The fourth-order valence-electron chi connectivity index (χ4n) is 5.22. The molecule has 0 radical (unpaired) electrons. The Morgan fingerprint density at radius 1 is 0.919 bits per heavy atom. The predicted octanol–water partition coefficient (Wildman–Crippen LogP) is 6.65. The highest BCUT2D eigenvalue weighted by atomic mass is 16.5. The van der Waals surface area contributed by atoms with Crippen LogP contribution in [0.25, 0.3) is 0 Å². The first-order valence-corrected chi connectivity index (χ1v) is 12.9. The first-order valence-electron chi connectivity index (χ1n) is 12.9. The zero-order valence-electron chi connectivity index (χ0n) is 21.8. The molecule has 1 atom stereocenters. The van der Waals surface area contributed by atoms with Gasteiger partial charge in [-0.1, -0.05) is 62.4 Å². The number of amides is 1. The van der Waals surface area contributed by atoms with Crippen LogP contribution in [0.3, 0.4) is 0 Å². The highest BCUT2D eigenvalue weighted by molar-refractivity contribution is 6.11. The number of phenolic OH excluding ortho intramolecular Hbond substituents is 1. The van der Waals surface area contributed by atoms with Crippen LogP contribution in [-0.2, 0) is 4.79 Å². The van der Waals surface area contributed by atoms with Crippen molar-refractivity contribution in [1.29, 1.82) is 0 Å².